The molecule has 90 valence electrons. The molecule has 0 radical (unpaired) electrons. The molecule has 0 atom stereocenters. The standard InChI is InChI=1S/C14H22BrN/c1-3-5-10-16(9-4-2)12-13-7-6-8-14(15)11-13/h4,7,11H,2-3,5-6,8-10,12H2,1H3. The molecule has 1 rings (SSSR count). The molecule has 0 saturated heterocycles. The van der Waals surface area contributed by atoms with Gasteiger partial charge >= 0.3 is 0 Å². The molecular weight excluding hydrogens is 262 g/mol. The Labute approximate surface area is 108 Å². The van der Waals surface area contributed by atoms with E-state index in [-0.39, 0.29) is 0 Å². The van der Waals surface area contributed by atoms with Crippen molar-refractivity contribution in [1.82, 2.24) is 4.90 Å². The summed E-state index contributed by atoms with van der Waals surface area (Å²) in [4.78, 5) is 2.46. The lowest BCUT2D eigenvalue weighted by molar-refractivity contribution is 0.323. The minimum absolute atomic E-state index is 0.989. The number of hydrogen-bond acceptors (Lipinski definition) is 1. The second-order valence-electron chi connectivity index (χ2n) is 4.29. The van der Waals surface area contributed by atoms with Crippen LogP contribution in [0.25, 0.3) is 0 Å². The van der Waals surface area contributed by atoms with Crippen molar-refractivity contribution in [2.24, 2.45) is 0 Å². The van der Waals surface area contributed by atoms with Crippen LogP contribution in [-0.2, 0) is 0 Å². The SMILES string of the molecule is C=CCN(CCCC)CC1=CCCC(Br)=C1. The van der Waals surface area contributed by atoms with E-state index in [1.54, 1.807) is 0 Å². The molecule has 0 unspecified atom stereocenters. The summed E-state index contributed by atoms with van der Waals surface area (Å²) in [6, 6.07) is 0. The Kier molecular flexibility index (Phi) is 6.74. The maximum Gasteiger partial charge on any atom is 0.0234 e. The molecule has 0 saturated carbocycles. The fourth-order valence-electron chi connectivity index (χ4n) is 1.90. The summed E-state index contributed by atoms with van der Waals surface area (Å²) in [5.41, 5.74) is 1.44. The van der Waals surface area contributed by atoms with Crippen LogP contribution >= 0.6 is 15.9 Å². The summed E-state index contributed by atoms with van der Waals surface area (Å²) >= 11 is 3.59. The van der Waals surface area contributed by atoms with Gasteiger partial charge in [0.15, 0.2) is 0 Å². The highest BCUT2D eigenvalue weighted by Gasteiger charge is 2.07. The van der Waals surface area contributed by atoms with Crippen LogP contribution in [0, 0.1) is 0 Å². The normalized spacial score (nSPS) is 15.9. The molecule has 0 N–H and O–H groups in total. The highest BCUT2D eigenvalue weighted by Crippen LogP contribution is 2.22. The zero-order valence-corrected chi connectivity index (χ0v) is 11.8. The number of rotatable bonds is 7. The molecule has 1 nitrogen and oxygen atoms in total. The molecule has 0 aromatic carbocycles. The Morgan fingerprint density at radius 1 is 1.56 bits per heavy atom. The van der Waals surface area contributed by atoms with Gasteiger partial charge in [0.05, 0.1) is 0 Å². The van der Waals surface area contributed by atoms with Gasteiger partial charge in [0, 0.05) is 13.1 Å². The minimum Gasteiger partial charge on any atom is -0.295 e. The first kappa shape index (κ1) is 13.7. The van der Waals surface area contributed by atoms with Crippen molar-refractivity contribution in [3.05, 3.63) is 34.9 Å². The first-order chi connectivity index (χ1) is 7.76. The van der Waals surface area contributed by atoms with Crippen molar-refractivity contribution in [3.8, 4) is 0 Å². The summed E-state index contributed by atoms with van der Waals surface area (Å²) in [6.45, 7) is 9.29. The van der Waals surface area contributed by atoms with Crippen LogP contribution in [0.5, 0.6) is 0 Å². The average Bonchev–Trinajstić information content (AvgIpc) is 2.26. The minimum atomic E-state index is 0.989. The third kappa shape index (κ3) is 5.13. The fourth-order valence-corrected chi connectivity index (χ4v) is 2.42. The van der Waals surface area contributed by atoms with E-state index in [1.165, 1.54) is 35.9 Å². The summed E-state index contributed by atoms with van der Waals surface area (Å²) in [5, 5.41) is 0. The molecule has 0 aromatic rings. The number of allylic oxidation sites excluding steroid dienone is 2. The topological polar surface area (TPSA) is 3.24 Å². The molecule has 2 heteroatoms. The van der Waals surface area contributed by atoms with Crippen LogP contribution in [0.4, 0.5) is 0 Å². The molecule has 0 aliphatic heterocycles. The van der Waals surface area contributed by atoms with E-state index < -0.39 is 0 Å². The maximum atomic E-state index is 3.83. The summed E-state index contributed by atoms with van der Waals surface area (Å²) in [5.74, 6) is 0. The van der Waals surface area contributed by atoms with E-state index in [9.17, 15) is 0 Å². The Hall–Kier alpha value is -0.340. The molecular formula is C14H22BrN. The Bertz CT molecular complexity index is 278. The van der Waals surface area contributed by atoms with Crippen molar-refractivity contribution in [1.29, 1.82) is 0 Å². The fraction of sp³-hybridized carbons (Fsp3) is 0.571. The third-order valence-corrected chi connectivity index (χ3v) is 3.38. The quantitative estimate of drug-likeness (QED) is 0.631. The molecule has 0 spiro atoms. The van der Waals surface area contributed by atoms with Crippen molar-refractivity contribution >= 4 is 15.9 Å². The van der Waals surface area contributed by atoms with E-state index in [4.69, 9.17) is 0 Å². The van der Waals surface area contributed by atoms with E-state index in [0.29, 0.717) is 0 Å². The zero-order valence-electron chi connectivity index (χ0n) is 10.2. The number of hydrogen-bond donors (Lipinski definition) is 0. The monoisotopic (exact) mass is 283 g/mol. The zero-order chi connectivity index (χ0) is 11.8. The number of nitrogens with zero attached hydrogens (tertiary/aromatic N) is 1. The molecule has 1 aliphatic carbocycles. The maximum absolute atomic E-state index is 3.83. The van der Waals surface area contributed by atoms with Gasteiger partial charge in [-0.3, -0.25) is 4.90 Å². The van der Waals surface area contributed by atoms with Crippen molar-refractivity contribution < 1.29 is 0 Å². The van der Waals surface area contributed by atoms with Gasteiger partial charge in [-0.1, -0.05) is 41.4 Å². The Morgan fingerprint density at radius 2 is 2.38 bits per heavy atom. The molecule has 0 bridgehead atoms. The van der Waals surface area contributed by atoms with Crippen LogP contribution in [0.1, 0.15) is 32.6 Å². The molecule has 16 heavy (non-hydrogen) atoms. The number of halogens is 1. The highest BCUT2D eigenvalue weighted by atomic mass is 79.9. The lowest BCUT2D eigenvalue weighted by Gasteiger charge is -2.22. The number of unbranched alkanes of at least 4 members (excludes halogenated alkanes) is 1. The van der Waals surface area contributed by atoms with Crippen molar-refractivity contribution in [3.63, 3.8) is 0 Å². The Balaban J connectivity index is 2.47. The van der Waals surface area contributed by atoms with Gasteiger partial charge in [-0.05, 0) is 41.9 Å². The van der Waals surface area contributed by atoms with Gasteiger partial charge in [0.2, 0.25) is 0 Å². The summed E-state index contributed by atoms with van der Waals surface area (Å²) in [6.07, 6.45) is 11.5. The second-order valence-corrected chi connectivity index (χ2v) is 5.30. The molecule has 0 amide bonds. The third-order valence-electron chi connectivity index (χ3n) is 2.75. The first-order valence-electron chi connectivity index (χ1n) is 6.14. The second kappa shape index (κ2) is 7.86. The van der Waals surface area contributed by atoms with Gasteiger partial charge in [0.25, 0.3) is 0 Å². The van der Waals surface area contributed by atoms with Gasteiger partial charge in [-0.15, -0.1) is 6.58 Å². The van der Waals surface area contributed by atoms with Crippen molar-refractivity contribution in [2.45, 2.75) is 32.6 Å². The summed E-state index contributed by atoms with van der Waals surface area (Å²) < 4.78 is 1.33. The first-order valence-corrected chi connectivity index (χ1v) is 6.94. The van der Waals surface area contributed by atoms with Gasteiger partial charge in [0.1, 0.15) is 0 Å². The molecule has 1 aliphatic rings. The molecule has 0 aromatic heterocycles. The molecule has 0 heterocycles. The van der Waals surface area contributed by atoms with Crippen LogP contribution in [0.3, 0.4) is 0 Å². The van der Waals surface area contributed by atoms with E-state index in [0.717, 1.165) is 19.5 Å². The predicted molar refractivity (Wildman–Crippen MR) is 75.9 cm³/mol. The van der Waals surface area contributed by atoms with Crippen LogP contribution < -0.4 is 0 Å². The Morgan fingerprint density at radius 3 is 3.00 bits per heavy atom. The molecule has 0 fully saturated rings. The largest absolute Gasteiger partial charge is 0.295 e. The van der Waals surface area contributed by atoms with Crippen molar-refractivity contribution in [2.75, 3.05) is 19.6 Å². The van der Waals surface area contributed by atoms with Gasteiger partial charge < -0.3 is 0 Å². The van der Waals surface area contributed by atoms with Crippen LogP contribution in [0.2, 0.25) is 0 Å². The van der Waals surface area contributed by atoms with Crippen LogP contribution in [-0.4, -0.2) is 24.5 Å². The highest BCUT2D eigenvalue weighted by molar-refractivity contribution is 9.11. The summed E-state index contributed by atoms with van der Waals surface area (Å²) in [7, 11) is 0. The predicted octanol–water partition coefficient (Wildman–Crippen LogP) is 4.27. The lowest BCUT2D eigenvalue weighted by Crippen LogP contribution is -2.27. The van der Waals surface area contributed by atoms with E-state index in [2.05, 4.69) is 46.5 Å². The van der Waals surface area contributed by atoms with E-state index in [1.807, 2.05) is 6.08 Å². The smallest absolute Gasteiger partial charge is 0.0234 e. The van der Waals surface area contributed by atoms with Gasteiger partial charge in [-0.2, -0.15) is 0 Å². The average molecular weight is 284 g/mol. The van der Waals surface area contributed by atoms with Gasteiger partial charge in [-0.25, -0.2) is 0 Å². The van der Waals surface area contributed by atoms with E-state index >= 15 is 0 Å². The lowest BCUT2D eigenvalue weighted by atomic mass is 10.1. The van der Waals surface area contributed by atoms with Crippen LogP contribution in [0.15, 0.2) is 34.9 Å².